The van der Waals surface area contributed by atoms with E-state index in [0.717, 1.165) is 25.9 Å². The number of aromatic hydroxyl groups is 1. The molecule has 7 N–H and O–H groups in total. The number of likely N-dealkylation sites (tertiary alicyclic amines) is 1. The number of aliphatic hydroxyl groups is 4. The molecule has 4 unspecified atom stereocenters. The molecule has 1 saturated heterocycles. The van der Waals surface area contributed by atoms with Gasteiger partial charge in [-0.2, -0.15) is 0 Å². The topological polar surface area (TPSA) is 203 Å². The van der Waals surface area contributed by atoms with Gasteiger partial charge in [-0.1, -0.05) is 13.0 Å². The normalized spacial score (nSPS) is 30.0. The van der Waals surface area contributed by atoms with Crippen molar-refractivity contribution in [3.63, 3.8) is 0 Å². The highest BCUT2D eigenvalue weighted by Gasteiger charge is 2.67. The molecular weight excluding hydrogens is 586 g/mol. The molecule has 3 aliphatic carbocycles. The smallest absolute Gasteiger partial charge is 0.259 e. The van der Waals surface area contributed by atoms with Gasteiger partial charge < -0.3 is 41.1 Å². The quantitative estimate of drug-likeness (QED) is 0.156. The minimum atomic E-state index is -2.97. The van der Waals surface area contributed by atoms with Crippen LogP contribution >= 0.6 is 0 Å². The molecule has 0 spiro atoms. The lowest BCUT2D eigenvalue weighted by atomic mass is 9.55. The lowest BCUT2D eigenvalue weighted by Crippen LogP contribution is -2.68. The minimum absolute atomic E-state index is 0.00103. The predicted octanol–water partition coefficient (Wildman–Crippen LogP) is -0.163. The molecule has 5 rings (SSSR count). The van der Waals surface area contributed by atoms with Crippen molar-refractivity contribution in [3.05, 3.63) is 45.9 Å². The van der Waals surface area contributed by atoms with Crippen LogP contribution in [0.25, 0.3) is 0 Å². The molecule has 45 heavy (non-hydrogen) atoms. The third kappa shape index (κ3) is 5.10. The first-order chi connectivity index (χ1) is 21.1. The van der Waals surface area contributed by atoms with Gasteiger partial charge in [0.25, 0.3) is 5.91 Å². The number of phenolic OH excluding ortho intramolecular Hbond substituents is 1. The van der Waals surface area contributed by atoms with Crippen molar-refractivity contribution >= 4 is 29.1 Å². The second-order valence-corrected chi connectivity index (χ2v) is 12.9. The number of hydrogen-bond acceptors (Lipinski definition) is 12. The third-order valence-electron chi connectivity index (χ3n) is 9.51. The van der Waals surface area contributed by atoms with Crippen molar-refractivity contribution < 1.29 is 44.7 Å². The van der Waals surface area contributed by atoms with Crippen LogP contribution < -0.4 is 10.6 Å². The molecule has 1 aromatic rings. The number of benzene rings is 1. The molecule has 14 nitrogen and oxygen atoms in total. The zero-order chi connectivity index (χ0) is 33.1. The van der Waals surface area contributed by atoms with Gasteiger partial charge in [0, 0.05) is 11.5 Å². The number of nitrogens with zero attached hydrogens (tertiary/aromatic N) is 3. The van der Waals surface area contributed by atoms with Crippen molar-refractivity contribution in [2.75, 3.05) is 59.8 Å². The van der Waals surface area contributed by atoms with E-state index >= 15 is 0 Å². The van der Waals surface area contributed by atoms with Crippen LogP contribution in [0.5, 0.6) is 5.75 Å². The lowest BCUT2D eigenvalue weighted by Gasteiger charge is -2.53. The van der Waals surface area contributed by atoms with Gasteiger partial charge >= 0.3 is 0 Å². The van der Waals surface area contributed by atoms with Crippen LogP contribution in [0.15, 0.2) is 34.8 Å². The van der Waals surface area contributed by atoms with Crippen molar-refractivity contribution in [2.45, 2.75) is 43.4 Å². The summed E-state index contributed by atoms with van der Waals surface area (Å²) in [4.78, 5) is 58.8. The average Bonchev–Trinajstić information content (AvgIpc) is 3.48. The van der Waals surface area contributed by atoms with E-state index in [1.807, 2.05) is 4.90 Å². The number of Topliss-reactive ketones (excluding diaryl/α,β-unsaturated/α-hetero) is 2. The molecule has 244 valence electrons. The van der Waals surface area contributed by atoms with Crippen LogP contribution in [-0.2, 0) is 14.4 Å². The van der Waals surface area contributed by atoms with E-state index in [-0.39, 0.29) is 24.5 Å². The summed E-state index contributed by atoms with van der Waals surface area (Å²) in [6, 6.07) is 1.66. The number of fused-ring (bicyclic) bond motifs is 3. The second kappa shape index (κ2) is 11.8. The summed E-state index contributed by atoms with van der Waals surface area (Å²) in [5, 5.41) is 63.3. The molecule has 0 radical (unpaired) electrons. The summed E-state index contributed by atoms with van der Waals surface area (Å²) < 4.78 is 0. The molecule has 0 bridgehead atoms. The van der Waals surface area contributed by atoms with E-state index < -0.39 is 87.3 Å². The van der Waals surface area contributed by atoms with Crippen LogP contribution in [-0.4, -0.2) is 136 Å². The summed E-state index contributed by atoms with van der Waals surface area (Å²) in [5.74, 6) is -9.49. The van der Waals surface area contributed by atoms with Crippen molar-refractivity contribution in [1.82, 2.24) is 20.0 Å². The van der Waals surface area contributed by atoms with Crippen molar-refractivity contribution in [2.24, 2.45) is 11.8 Å². The first kappa shape index (κ1) is 32.6. The van der Waals surface area contributed by atoms with Crippen LogP contribution in [0.1, 0.15) is 41.6 Å². The lowest BCUT2D eigenvalue weighted by molar-refractivity contribution is -0.162. The Labute approximate surface area is 260 Å². The molecule has 1 heterocycles. The van der Waals surface area contributed by atoms with Gasteiger partial charge in [-0.25, -0.2) is 0 Å². The Balaban J connectivity index is 1.61. The maximum Gasteiger partial charge on any atom is 0.259 e. The molecule has 6 atom stereocenters. The molecular formula is C31H41N5O9. The standard InChI is InChI=1S/C31H41N5O9/c1-14-15-8-9-16(33-17(37)12-34(2)3)24(38)19(15)25(39)20-18(14)26(40)22-23(35(4)5)27(41)21(29(43)31(22,45)28(20)42)30(44)32-13-36-10-6-7-11-36/h8-9,14,18,22-23,26,38,40-42,45H,6-7,10-13H2,1-5H3,(H,32,44)(H,33,37)/t14?,18?,22?,23-,26?,31-/m0/s1. The van der Waals surface area contributed by atoms with Gasteiger partial charge in [-0.15, -0.1) is 0 Å². The summed E-state index contributed by atoms with van der Waals surface area (Å²) >= 11 is 0. The fraction of sp³-hybridized carbons (Fsp3) is 0.548. The van der Waals surface area contributed by atoms with Gasteiger partial charge in [0.05, 0.1) is 42.5 Å². The molecule has 1 aliphatic heterocycles. The molecule has 4 aliphatic rings. The number of likely N-dealkylation sites (N-methyl/N-ethyl adjacent to an activating group) is 2. The van der Waals surface area contributed by atoms with Gasteiger partial charge in [0.15, 0.2) is 17.1 Å². The number of ketones is 2. The number of carbonyl (C=O) groups excluding carboxylic acids is 4. The second-order valence-electron chi connectivity index (χ2n) is 12.9. The maximum absolute atomic E-state index is 14.1. The minimum Gasteiger partial charge on any atom is -0.510 e. The molecule has 0 saturated carbocycles. The molecule has 1 fully saturated rings. The fourth-order valence-corrected chi connectivity index (χ4v) is 7.39. The van der Waals surface area contributed by atoms with Gasteiger partial charge in [0.2, 0.25) is 11.7 Å². The Morgan fingerprint density at radius 2 is 1.71 bits per heavy atom. The number of amides is 2. The largest absolute Gasteiger partial charge is 0.510 e. The van der Waals surface area contributed by atoms with Crippen molar-refractivity contribution in [1.29, 1.82) is 0 Å². The van der Waals surface area contributed by atoms with E-state index in [4.69, 9.17) is 0 Å². The van der Waals surface area contributed by atoms with E-state index in [2.05, 4.69) is 10.6 Å². The van der Waals surface area contributed by atoms with E-state index in [0.29, 0.717) is 5.56 Å². The number of carbonyl (C=O) groups is 4. The Hall–Kier alpha value is -3.82. The number of anilines is 1. The fourth-order valence-electron chi connectivity index (χ4n) is 7.39. The Morgan fingerprint density at radius 3 is 2.31 bits per heavy atom. The molecule has 2 amide bonds. The SMILES string of the molecule is CC1c2ccc(NC(=O)CN(C)C)c(O)c2C(=O)C2=C(O)[C@]3(O)C(=O)C(C(=O)NCN4CCCC4)=C(O)[C@@H](N(C)C)C3C(O)C21. The monoisotopic (exact) mass is 627 g/mol. The Kier molecular flexibility index (Phi) is 8.57. The summed E-state index contributed by atoms with van der Waals surface area (Å²) in [7, 11) is 6.41. The van der Waals surface area contributed by atoms with Crippen LogP contribution in [0, 0.1) is 11.8 Å². The van der Waals surface area contributed by atoms with E-state index in [9.17, 15) is 44.7 Å². The average molecular weight is 628 g/mol. The summed E-state index contributed by atoms with van der Waals surface area (Å²) in [5.41, 5.74) is -4.23. The summed E-state index contributed by atoms with van der Waals surface area (Å²) in [6.45, 7) is 3.22. The number of nitrogens with one attached hydrogen (secondary N) is 2. The van der Waals surface area contributed by atoms with Crippen molar-refractivity contribution in [3.8, 4) is 5.75 Å². The number of hydrogen-bond donors (Lipinski definition) is 7. The highest BCUT2D eigenvalue weighted by atomic mass is 16.4. The van der Waals surface area contributed by atoms with Gasteiger partial charge in [-0.3, -0.25) is 29.0 Å². The van der Waals surface area contributed by atoms with Crippen LogP contribution in [0.3, 0.4) is 0 Å². The highest BCUT2D eigenvalue weighted by Crippen LogP contribution is 2.56. The maximum atomic E-state index is 14.1. The van der Waals surface area contributed by atoms with E-state index in [1.165, 1.54) is 31.1 Å². The number of aliphatic hydroxyl groups excluding tert-OH is 3. The zero-order valence-corrected chi connectivity index (χ0v) is 26.0. The molecule has 1 aromatic carbocycles. The third-order valence-corrected chi connectivity index (χ3v) is 9.51. The number of phenols is 1. The summed E-state index contributed by atoms with van der Waals surface area (Å²) in [6.07, 6.45) is 0.229. The van der Waals surface area contributed by atoms with E-state index in [1.54, 1.807) is 25.9 Å². The van der Waals surface area contributed by atoms with Gasteiger partial charge in [-0.05, 0) is 71.7 Å². The predicted molar refractivity (Wildman–Crippen MR) is 162 cm³/mol. The highest BCUT2D eigenvalue weighted by molar-refractivity contribution is 6.25. The van der Waals surface area contributed by atoms with Crippen LogP contribution in [0.4, 0.5) is 5.69 Å². The van der Waals surface area contributed by atoms with Crippen LogP contribution in [0.2, 0.25) is 0 Å². The van der Waals surface area contributed by atoms with Gasteiger partial charge in [0.1, 0.15) is 17.1 Å². The first-order valence-corrected chi connectivity index (χ1v) is 15.0. The molecule has 0 aromatic heterocycles. The number of rotatable bonds is 7. The Bertz CT molecular complexity index is 1510. The molecule has 14 heteroatoms. The zero-order valence-electron chi connectivity index (χ0n) is 26.0. The first-order valence-electron chi connectivity index (χ1n) is 15.0. The Morgan fingerprint density at radius 1 is 1.07 bits per heavy atom.